The second-order valence-electron chi connectivity index (χ2n) is 6.34. The molecule has 0 spiro atoms. The van der Waals surface area contributed by atoms with Crippen LogP contribution in [0.3, 0.4) is 0 Å². The van der Waals surface area contributed by atoms with E-state index in [9.17, 15) is 9.59 Å². The molecule has 2 aromatic rings. The molecule has 6 nitrogen and oxygen atoms in total. The van der Waals surface area contributed by atoms with Gasteiger partial charge in [-0.2, -0.15) is 0 Å². The summed E-state index contributed by atoms with van der Waals surface area (Å²) in [6.07, 6.45) is 0. The minimum absolute atomic E-state index is 0. The highest BCUT2D eigenvalue weighted by molar-refractivity contribution is 7.18. The summed E-state index contributed by atoms with van der Waals surface area (Å²) in [5.41, 5.74) is 6.03. The van der Waals surface area contributed by atoms with Crippen molar-refractivity contribution in [3.8, 4) is 0 Å². The summed E-state index contributed by atoms with van der Waals surface area (Å²) in [6, 6.07) is 12.2. The molecule has 0 aliphatic rings. The van der Waals surface area contributed by atoms with Crippen LogP contribution in [0.1, 0.15) is 30.4 Å². The van der Waals surface area contributed by atoms with E-state index < -0.39 is 5.54 Å². The van der Waals surface area contributed by atoms with Crippen molar-refractivity contribution in [2.75, 3.05) is 17.2 Å². The molecule has 1 aromatic carbocycles. The van der Waals surface area contributed by atoms with Gasteiger partial charge in [-0.15, -0.1) is 23.7 Å². The van der Waals surface area contributed by atoms with Gasteiger partial charge in [-0.25, -0.2) is 4.79 Å². The number of rotatable bonds is 6. The molecule has 0 saturated heterocycles. The van der Waals surface area contributed by atoms with E-state index in [1.165, 1.54) is 11.3 Å². The number of hydrogen-bond donors (Lipinski definition) is 4. The van der Waals surface area contributed by atoms with Crippen LogP contribution in [0.5, 0.6) is 0 Å². The van der Waals surface area contributed by atoms with Crippen LogP contribution < -0.4 is 21.7 Å². The number of hydrogen-bond acceptors (Lipinski definition) is 4. The van der Waals surface area contributed by atoms with Crippen molar-refractivity contribution in [3.05, 3.63) is 47.3 Å². The molecule has 2 rings (SSSR count). The van der Waals surface area contributed by atoms with Crippen LogP contribution in [-0.4, -0.2) is 24.0 Å². The normalized spacial score (nSPS) is 12.7. The smallest absolute Gasteiger partial charge is 0.324 e. The Kier molecular flexibility index (Phi) is 8.08. The molecular weight excluding hydrogens is 372 g/mol. The average molecular weight is 397 g/mol. The number of carbonyl (C=O) groups excluding carboxylic acids is 2. The molecule has 0 bridgehead atoms. The van der Waals surface area contributed by atoms with Gasteiger partial charge in [0.1, 0.15) is 0 Å². The van der Waals surface area contributed by atoms with Gasteiger partial charge >= 0.3 is 6.03 Å². The monoisotopic (exact) mass is 396 g/mol. The van der Waals surface area contributed by atoms with E-state index >= 15 is 0 Å². The molecule has 1 heterocycles. The van der Waals surface area contributed by atoms with Gasteiger partial charge in [0.2, 0.25) is 0 Å². The van der Waals surface area contributed by atoms with Crippen LogP contribution in [-0.2, 0) is 0 Å². The van der Waals surface area contributed by atoms with Crippen LogP contribution in [0.15, 0.2) is 42.5 Å². The number of amides is 3. The number of urea groups is 1. The Balaban J connectivity index is 0.00000338. The van der Waals surface area contributed by atoms with E-state index in [1.54, 1.807) is 24.3 Å². The van der Waals surface area contributed by atoms with E-state index in [0.717, 1.165) is 0 Å². The third-order valence-corrected chi connectivity index (χ3v) is 5.20. The quantitative estimate of drug-likeness (QED) is 0.595. The van der Waals surface area contributed by atoms with Crippen molar-refractivity contribution in [1.82, 2.24) is 5.32 Å². The first-order valence-corrected chi connectivity index (χ1v) is 8.91. The molecule has 1 aromatic heterocycles. The zero-order valence-corrected chi connectivity index (χ0v) is 16.7. The SMILES string of the molecule is CC(C)C(C)(CN)NC(=O)c1ccc(NC(=O)Nc2ccccc2)s1.Cl. The summed E-state index contributed by atoms with van der Waals surface area (Å²) < 4.78 is 0. The number of benzene rings is 1. The molecule has 0 fully saturated rings. The third-order valence-electron chi connectivity index (χ3n) is 4.20. The first kappa shape index (κ1) is 22.0. The maximum Gasteiger partial charge on any atom is 0.324 e. The van der Waals surface area contributed by atoms with Crippen molar-refractivity contribution in [2.45, 2.75) is 26.3 Å². The van der Waals surface area contributed by atoms with E-state index in [4.69, 9.17) is 5.73 Å². The minimum Gasteiger partial charge on any atom is -0.345 e. The Morgan fingerprint density at radius 2 is 1.77 bits per heavy atom. The summed E-state index contributed by atoms with van der Waals surface area (Å²) in [5, 5.41) is 9.04. The highest BCUT2D eigenvalue weighted by Gasteiger charge is 2.29. The molecule has 26 heavy (non-hydrogen) atoms. The molecule has 5 N–H and O–H groups in total. The molecule has 1 atom stereocenters. The zero-order chi connectivity index (χ0) is 18.4. The lowest BCUT2D eigenvalue weighted by Gasteiger charge is -2.33. The second kappa shape index (κ2) is 9.56. The molecule has 3 amide bonds. The number of nitrogens with two attached hydrogens (primary N) is 1. The van der Waals surface area contributed by atoms with Crippen LogP contribution in [0.25, 0.3) is 0 Å². The van der Waals surface area contributed by atoms with Gasteiger partial charge in [-0.3, -0.25) is 10.1 Å². The van der Waals surface area contributed by atoms with Gasteiger partial charge in [-0.05, 0) is 37.1 Å². The van der Waals surface area contributed by atoms with Gasteiger partial charge < -0.3 is 16.4 Å². The van der Waals surface area contributed by atoms with Crippen LogP contribution >= 0.6 is 23.7 Å². The lowest BCUT2D eigenvalue weighted by molar-refractivity contribution is 0.0887. The number of nitrogens with one attached hydrogen (secondary N) is 3. The maximum atomic E-state index is 12.4. The number of anilines is 2. The molecule has 0 saturated carbocycles. The lowest BCUT2D eigenvalue weighted by Crippen LogP contribution is -2.54. The maximum absolute atomic E-state index is 12.4. The van der Waals surface area contributed by atoms with Gasteiger partial charge in [0.15, 0.2) is 0 Å². The highest BCUT2D eigenvalue weighted by atomic mass is 35.5. The Hall–Kier alpha value is -2.09. The van der Waals surface area contributed by atoms with Crippen LogP contribution in [0.2, 0.25) is 0 Å². The molecular formula is C18H25ClN4O2S. The largest absolute Gasteiger partial charge is 0.345 e. The standard InChI is InChI=1S/C18H24N4O2S.ClH/c1-12(2)18(3,11-19)22-16(23)14-9-10-15(25-14)21-17(24)20-13-7-5-4-6-8-13;/h4-10,12H,11,19H2,1-3H3,(H,22,23)(H2,20,21,24);1H. The molecule has 0 aliphatic carbocycles. The van der Waals surface area contributed by atoms with E-state index in [-0.39, 0.29) is 30.3 Å². The van der Waals surface area contributed by atoms with Crippen molar-refractivity contribution >= 4 is 46.4 Å². The lowest BCUT2D eigenvalue weighted by atomic mass is 9.88. The predicted octanol–water partition coefficient (Wildman–Crippen LogP) is 3.92. The first-order chi connectivity index (χ1) is 11.8. The fourth-order valence-electron chi connectivity index (χ4n) is 2.07. The summed E-state index contributed by atoms with van der Waals surface area (Å²) >= 11 is 1.22. The Morgan fingerprint density at radius 3 is 2.35 bits per heavy atom. The van der Waals surface area contributed by atoms with Crippen molar-refractivity contribution < 1.29 is 9.59 Å². The number of carbonyl (C=O) groups is 2. The zero-order valence-electron chi connectivity index (χ0n) is 15.0. The van der Waals surface area contributed by atoms with Crippen LogP contribution in [0, 0.1) is 5.92 Å². The molecule has 1 unspecified atom stereocenters. The van der Waals surface area contributed by atoms with Crippen molar-refractivity contribution in [2.24, 2.45) is 11.7 Å². The predicted molar refractivity (Wildman–Crippen MR) is 110 cm³/mol. The highest BCUT2D eigenvalue weighted by Crippen LogP contribution is 2.24. The molecule has 142 valence electrons. The molecule has 0 aliphatic heterocycles. The first-order valence-electron chi connectivity index (χ1n) is 8.09. The Labute approximate surface area is 164 Å². The number of halogens is 1. The van der Waals surface area contributed by atoms with Crippen LogP contribution in [0.4, 0.5) is 15.5 Å². The Morgan fingerprint density at radius 1 is 1.12 bits per heavy atom. The van der Waals surface area contributed by atoms with E-state index in [1.807, 2.05) is 39.0 Å². The minimum atomic E-state index is -0.473. The summed E-state index contributed by atoms with van der Waals surface area (Å²) in [6.45, 7) is 6.31. The second-order valence-corrected chi connectivity index (χ2v) is 7.42. The molecule has 0 radical (unpaired) electrons. The van der Waals surface area contributed by atoms with E-state index in [2.05, 4.69) is 16.0 Å². The number of para-hydroxylation sites is 1. The topological polar surface area (TPSA) is 96.2 Å². The fourth-order valence-corrected chi connectivity index (χ4v) is 2.87. The number of thiophene rings is 1. The van der Waals surface area contributed by atoms with Crippen molar-refractivity contribution in [1.29, 1.82) is 0 Å². The third kappa shape index (κ3) is 5.72. The van der Waals surface area contributed by atoms with E-state index in [0.29, 0.717) is 22.1 Å². The summed E-state index contributed by atoms with van der Waals surface area (Å²) in [5.74, 6) is 0.0128. The van der Waals surface area contributed by atoms with Crippen molar-refractivity contribution in [3.63, 3.8) is 0 Å². The summed E-state index contributed by atoms with van der Waals surface area (Å²) in [7, 11) is 0. The van der Waals surface area contributed by atoms with Gasteiger partial charge in [0, 0.05) is 12.2 Å². The molecule has 8 heteroatoms. The van der Waals surface area contributed by atoms with Gasteiger partial charge in [0.25, 0.3) is 5.91 Å². The van der Waals surface area contributed by atoms with Gasteiger partial charge in [-0.1, -0.05) is 32.0 Å². The summed E-state index contributed by atoms with van der Waals surface area (Å²) in [4.78, 5) is 24.9. The van der Waals surface area contributed by atoms with Gasteiger partial charge in [0.05, 0.1) is 15.4 Å². The Bertz CT molecular complexity index is 736. The average Bonchev–Trinajstić information content (AvgIpc) is 3.03. The fraction of sp³-hybridized carbons (Fsp3) is 0.333.